The number of nitrogens with zero attached hydrogens (tertiary/aromatic N) is 2. The highest BCUT2D eigenvalue weighted by Gasteiger charge is 2.30. The maximum atomic E-state index is 13.9. The van der Waals surface area contributed by atoms with Crippen LogP contribution in [0.2, 0.25) is 5.02 Å². The summed E-state index contributed by atoms with van der Waals surface area (Å²) in [4.78, 5) is 29.0. The molecule has 0 aliphatic carbocycles. The van der Waals surface area contributed by atoms with E-state index in [1.807, 2.05) is 54.6 Å². The highest BCUT2D eigenvalue weighted by atomic mass is 79.9. The molecule has 3 rings (SSSR count). The van der Waals surface area contributed by atoms with E-state index in [2.05, 4.69) is 28.2 Å². The van der Waals surface area contributed by atoms with Crippen molar-refractivity contribution in [2.75, 3.05) is 23.7 Å². The second kappa shape index (κ2) is 15.9. The molecule has 0 aliphatic rings. The van der Waals surface area contributed by atoms with E-state index in [9.17, 15) is 18.0 Å². The molecule has 0 aromatic heterocycles. The zero-order chi connectivity index (χ0) is 29.8. The number of unbranched alkanes of at least 4 members (excludes halogenated alkanes) is 1. The van der Waals surface area contributed by atoms with Crippen molar-refractivity contribution in [3.05, 3.63) is 99.5 Å². The van der Waals surface area contributed by atoms with E-state index >= 15 is 0 Å². The molecule has 1 N–H and O–H groups in total. The van der Waals surface area contributed by atoms with Gasteiger partial charge in [-0.1, -0.05) is 83.3 Å². The van der Waals surface area contributed by atoms with Gasteiger partial charge in [0.1, 0.15) is 6.04 Å². The molecule has 0 spiro atoms. The van der Waals surface area contributed by atoms with E-state index in [0.29, 0.717) is 23.7 Å². The predicted octanol–water partition coefficient (Wildman–Crippen LogP) is 6.21. The molecule has 41 heavy (non-hydrogen) atoms. The average Bonchev–Trinajstić information content (AvgIpc) is 2.93. The molecule has 0 aliphatic heterocycles. The van der Waals surface area contributed by atoms with Crippen LogP contribution in [0.4, 0.5) is 5.69 Å². The summed E-state index contributed by atoms with van der Waals surface area (Å²) in [5, 5.41) is 3.52. The van der Waals surface area contributed by atoms with Crippen LogP contribution in [0, 0.1) is 0 Å². The van der Waals surface area contributed by atoms with Crippen LogP contribution in [0.3, 0.4) is 0 Å². The van der Waals surface area contributed by atoms with Crippen molar-refractivity contribution in [2.24, 2.45) is 0 Å². The number of sulfonamides is 1. The van der Waals surface area contributed by atoms with E-state index in [-0.39, 0.29) is 37.7 Å². The lowest BCUT2D eigenvalue weighted by molar-refractivity contribution is -0.141. The summed E-state index contributed by atoms with van der Waals surface area (Å²) in [6, 6.07) is 23.1. The van der Waals surface area contributed by atoms with Crippen LogP contribution in [0.15, 0.2) is 83.3 Å². The Hall–Kier alpha value is -2.88. The zero-order valence-corrected chi connectivity index (χ0v) is 26.6. The topological polar surface area (TPSA) is 86.8 Å². The van der Waals surface area contributed by atoms with Gasteiger partial charge in [-0.15, -0.1) is 0 Å². The first-order chi connectivity index (χ1) is 19.6. The molecule has 2 amide bonds. The van der Waals surface area contributed by atoms with E-state index in [0.717, 1.165) is 34.7 Å². The van der Waals surface area contributed by atoms with Gasteiger partial charge in [0.05, 0.1) is 11.9 Å². The van der Waals surface area contributed by atoms with Crippen molar-refractivity contribution in [2.45, 2.75) is 51.6 Å². The van der Waals surface area contributed by atoms with Crippen molar-refractivity contribution in [1.82, 2.24) is 10.2 Å². The summed E-state index contributed by atoms with van der Waals surface area (Å²) in [7, 11) is -3.59. The van der Waals surface area contributed by atoms with Gasteiger partial charge in [0.15, 0.2) is 0 Å². The molecular weight excluding hydrogens is 626 g/mol. The number of benzene rings is 3. The molecule has 220 valence electrons. The van der Waals surface area contributed by atoms with Crippen LogP contribution in [-0.4, -0.2) is 50.5 Å². The maximum Gasteiger partial charge on any atom is 0.243 e. The summed E-state index contributed by atoms with van der Waals surface area (Å²) in [5.74, 6) is -0.425. The first kappa shape index (κ1) is 32.6. The number of hydrogen-bond donors (Lipinski definition) is 1. The molecule has 3 aromatic carbocycles. The zero-order valence-electron chi connectivity index (χ0n) is 23.4. The monoisotopic (exact) mass is 661 g/mol. The van der Waals surface area contributed by atoms with Gasteiger partial charge in [-0.25, -0.2) is 8.42 Å². The summed E-state index contributed by atoms with van der Waals surface area (Å²) >= 11 is 9.49. The van der Waals surface area contributed by atoms with Crippen molar-refractivity contribution >= 4 is 55.1 Å². The normalized spacial score (nSPS) is 12.0. The van der Waals surface area contributed by atoms with Crippen molar-refractivity contribution in [3.63, 3.8) is 0 Å². The van der Waals surface area contributed by atoms with Gasteiger partial charge in [-0.3, -0.25) is 13.9 Å². The van der Waals surface area contributed by atoms with E-state index < -0.39 is 16.1 Å². The molecule has 0 fully saturated rings. The van der Waals surface area contributed by atoms with E-state index in [1.165, 1.54) is 4.31 Å². The third-order valence-corrected chi connectivity index (χ3v) is 8.55. The van der Waals surface area contributed by atoms with Crippen molar-refractivity contribution in [3.8, 4) is 0 Å². The Bertz CT molecular complexity index is 1390. The first-order valence-electron chi connectivity index (χ1n) is 13.7. The highest BCUT2D eigenvalue weighted by Crippen LogP contribution is 2.22. The minimum absolute atomic E-state index is 0.0706. The number of anilines is 1. The molecule has 3 aromatic rings. The molecule has 1 atom stereocenters. The van der Waals surface area contributed by atoms with Gasteiger partial charge in [-0.05, 0) is 60.4 Å². The van der Waals surface area contributed by atoms with Gasteiger partial charge >= 0.3 is 0 Å². The molecule has 0 saturated carbocycles. The molecule has 0 bridgehead atoms. The largest absolute Gasteiger partial charge is 0.354 e. The first-order valence-corrected chi connectivity index (χ1v) is 16.7. The predicted molar refractivity (Wildman–Crippen MR) is 169 cm³/mol. The Kier molecular flexibility index (Phi) is 12.7. The standard InChI is InChI=1S/C31H37BrClN3O4S/c1-3-4-19-34-31(38)29(22-24-10-6-5-7-11-24)35(23-25-12-8-13-26(32)21-25)30(37)14-9-20-36(41(2,39)40)28-17-15-27(33)16-18-28/h5-8,10-13,15-18,21,29H,3-4,9,14,19-20,22-23H2,1-2H3,(H,34,38)/t29-/m1/s1. The Labute approximate surface area is 257 Å². The van der Waals surface area contributed by atoms with Crippen LogP contribution >= 0.6 is 27.5 Å². The fraction of sp³-hybridized carbons (Fsp3) is 0.355. The van der Waals surface area contributed by atoms with Crippen LogP contribution < -0.4 is 9.62 Å². The van der Waals surface area contributed by atoms with E-state index in [1.54, 1.807) is 29.2 Å². The molecule has 0 saturated heterocycles. The number of halogens is 2. The number of rotatable bonds is 15. The summed E-state index contributed by atoms with van der Waals surface area (Å²) < 4.78 is 27.3. The lowest BCUT2D eigenvalue weighted by Crippen LogP contribution is -2.50. The molecule has 10 heteroatoms. The van der Waals surface area contributed by atoms with E-state index in [4.69, 9.17) is 11.6 Å². The minimum atomic E-state index is -3.59. The maximum absolute atomic E-state index is 13.9. The van der Waals surface area contributed by atoms with Crippen LogP contribution in [0.1, 0.15) is 43.7 Å². The van der Waals surface area contributed by atoms with Gasteiger partial charge in [0.2, 0.25) is 21.8 Å². The number of amides is 2. The molecule has 7 nitrogen and oxygen atoms in total. The second-order valence-electron chi connectivity index (χ2n) is 9.92. The van der Waals surface area contributed by atoms with Crippen molar-refractivity contribution in [1.29, 1.82) is 0 Å². The van der Waals surface area contributed by atoms with Crippen LogP contribution in [0.25, 0.3) is 0 Å². The van der Waals surface area contributed by atoms with Gasteiger partial charge in [0.25, 0.3) is 0 Å². The number of nitrogens with one attached hydrogen (secondary N) is 1. The summed E-state index contributed by atoms with van der Waals surface area (Å²) in [6.07, 6.45) is 3.63. The Balaban J connectivity index is 1.86. The second-order valence-corrected chi connectivity index (χ2v) is 13.2. The Morgan fingerprint density at radius 1 is 0.951 bits per heavy atom. The quantitative estimate of drug-likeness (QED) is 0.196. The fourth-order valence-electron chi connectivity index (χ4n) is 4.50. The molecule has 0 unspecified atom stereocenters. The van der Waals surface area contributed by atoms with Gasteiger partial charge < -0.3 is 10.2 Å². The smallest absolute Gasteiger partial charge is 0.243 e. The third kappa shape index (κ3) is 10.5. The fourth-order valence-corrected chi connectivity index (χ4v) is 6.04. The Morgan fingerprint density at radius 2 is 1.63 bits per heavy atom. The summed E-state index contributed by atoms with van der Waals surface area (Å²) in [6.45, 7) is 2.94. The lowest BCUT2D eigenvalue weighted by Gasteiger charge is -2.32. The molecule has 0 radical (unpaired) electrons. The summed E-state index contributed by atoms with van der Waals surface area (Å²) in [5.41, 5.74) is 2.31. The van der Waals surface area contributed by atoms with Crippen LogP contribution in [0.5, 0.6) is 0 Å². The number of carbonyl (C=O) groups is 2. The lowest BCUT2D eigenvalue weighted by atomic mass is 10.0. The SMILES string of the molecule is CCCCNC(=O)[C@@H](Cc1ccccc1)N(Cc1cccc(Br)c1)C(=O)CCCN(c1ccc(Cl)cc1)S(C)(=O)=O. The number of carbonyl (C=O) groups excluding carboxylic acids is 2. The Morgan fingerprint density at radius 3 is 2.27 bits per heavy atom. The number of hydrogen-bond acceptors (Lipinski definition) is 4. The van der Waals surface area contributed by atoms with Crippen molar-refractivity contribution < 1.29 is 18.0 Å². The highest BCUT2D eigenvalue weighted by molar-refractivity contribution is 9.10. The van der Waals surface area contributed by atoms with Crippen LogP contribution in [-0.2, 0) is 32.6 Å². The van der Waals surface area contributed by atoms with Gasteiger partial charge in [0, 0.05) is 42.0 Å². The molecular formula is C31H37BrClN3O4S. The molecule has 0 heterocycles. The minimum Gasteiger partial charge on any atom is -0.354 e. The third-order valence-electron chi connectivity index (χ3n) is 6.61. The van der Waals surface area contributed by atoms with Gasteiger partial charge in [-0.2, -0.15) is 0 Å². The average molecular weight is 663 g/mol.